The third kappa shape index (κ3) is 6.97. The van der Waals surface area contributed by atoms with Crippen LogP contribution in [-0.2, 0) is 20.9 Å². The predicted molar refractivity (Wildman–Crippen MR) is 105 cm³/mol. The molecule has 8 nitrogen and oxygen atoms in total. The zero-order valence-electron chi connectivity index (χ0n) is 15.9. The van der Waals surface area contributed by atoms with Crippen molar-refractivity contribution in [2.24, 2.45) is 0 Å². The molecule has 0 radical (unpaired) electrons. The van der Waals surface area contributed by atoms with Crippen LogP contribution in [0.25, 0.3) is 0 Å². The summed E-state index contributed by atoms with van der Waals surface area (Å²) in [7, 11) is 0. The van der Waals surface area contributed by atoms with Crippen molar-refractivity contribution in [1.29, 1.82) is 0 Å². The topological polar surface area (TPSA) is 122 Å². The highest BCUT2D eigenvalue weighted by Crippen LogP contribution is 2.27. The molecule has 3 N–H and O–H groups in total. The van der Waals surface area contributed by atoms with Crippen molar-refractivity contribution in [1.82, 2.24) is 5.32 Å². The van der Waals surface area contributed by atoms with E-state index in [-0.39, 0.29) is 31.1 Å². The molecule has 1 heterocycles. The molecule has 9 heteroatoms. The molecular weight excluding hydrogens is 398 g/mol. The van der Waals surface area contributed by atoms with E-state index in [9.17, 15) is 24.6 Å². The van der Waals surface area contributed by atoms with Crippen LogP contribution in [0.2, 0.25) is 0 Å². The Morgan fingerprint density at radius 2 is 1.79 bits per heavy atom. The molecule has 0 spiro atoms. The smallest absolute Gasteiger partial charge is 0.407 e. The van der Waals surface area contributed by atoms with Crippen LogP contribution in [-0.4, -0.2) is 47.3 Å². The highest BCUT2D eigenvalue weighted by Gasteiger charge is 2.24. The molecule has 29 heavy (non-hydrogen) atoms. The van der Waals surface area contributed by atoms with Gasteiger partial charge < -0.3 is 25.0 Å². The molecule has 1 amide bonds. The van der Waals surface area contributed by atoms with Crippen LogP contribution in [0.5, 0.6) is 0 Å². The van der Waals surface area contributed by atoms with Gasteiger partial charge in [-0.05, 0) is 31.0 Å². The number of ether oxygens (including phenoxy) is 2. The molecule has 1 aromatic carbocycles. The van der Waals surface area contributed by atoms with Crippen molar-refractivity contribution in [3.63, 3.8) is 0 Å². The number of amides is 1. The van der Waals surface area contributed by atoms with E-state index < -0.39 is 30.1 Å². The third-order valence-corrected chi connectivity index (χ3v) is 5.04. The number of alkyl carbamates (subject to hydrolysis) is 1. The summed E-state index contributed by atoms with van der Waals surface area (Å²) in [6.07, 6.45) is -2.99. The highest BCUT2D eigenvalue weighted by atomic mass is 32.1. The molecule has 0 saturated heterocycles. The number of Topliss-reactive ketones (excluding diaryl/α,β-unsaturated/α-hetero) is 1. The summed E-state index contributed by atoms with van der Waals surface area (Å²) >= 11 is 0.905. The monoisotopic (exact) mass is 421 g/mol. The Morgan fingerprint density at radius 1 is 1.07 bits per heavy atom. The van der Waals surface area contributed by atoms with Crippen LogP contribution < -0.4 is 5.32 Å². The summed E-state index contributed by atoms with van der Waals surface area (Å²) in [5.74, 6) is -1.76. The normalized spacial score (nSPS) is 12.7. The molecule has 2 atom stereocenters. The van der Waals surface area contributed by atoms with Gasteiger partial charge >= 0.3 is 12.1 Å². The van der Waals surface area contributed by atoms with Crippen LogP contribution in [0.3, 0.4) is 0 Å². The fourth-order valence-electron chi connectivity index (χ4n) is 2.37. The summed E-state index contributed by atoms with van der Waals surface area (Å²) < 4.78 is 9.71. The number of aliphatic hydroxyl groups excluding tert-OH is 2. The Kier molecular flexibility index (Phi) is 8.78. The molecule has 1 aromatic heterocycles. The maximum absolute atomic E-state index is 11.9. The van der Waals surface area contributed by atoms with E-state index >= 15 is 0 Å². The van der Waals surface area contributed by atoms with Crippen LogP contribution in [0.4, 0.5) is 4.79 Å². The predicted octanol–water partition coefficient (Wildman–Crippen LogP) is 2.20. The molecule has 2 rings (SSSR count). The minimum atomic E-state index is -1.26. The van der Waals surface area contributed by atoms with Crippen LogP contribution in [0, 0.1) is 0 Å². The Morgan fingerprint density at radius 3 is 2.48 bits per heavy atom. The zero-order valence-corrected chi connectivity index (χ0v) is 16.7. The number of thiophene rings is 1. The van der Waals surface area contributed by atoms with Crippen molar-refractivity contribution in [2.45, 2.75) is 32.2 Å². The van der Waals surface area contributed by atoms with E-state index in [0.29, 0.717) is 4.88 Å². The van der Waals surface area contributed by atoms with E-state index in [1.54, 1.807) is 6.92 Å². The van der Waals surface area contributed by atoms with Crippen molar-refractivity contribution in [3.05, 3.63) is 57.8 Å². The summed E-state index contributed by atoms with van der Waals surface area (Å²) in [4.78, 5) is 35.5. The zero-order chi connectivity index (χ0) is 21.2. The first-order valence-electron chi connectivity index (χ1n) is 9.04. The molecule has 0 saturated carbocycles. The van der Waals surface area contributed by atoms with E-state index in [2.05, 4.69) is 10.1 Å². The lowest BCUT2D eigenvalue weighted by atomic mass is 10.1. The number of hydrogen-bond acceptors (Lipinski definition) is 8. The maximum atomic E-state index is 11.9. The molecule has 0 aliphatic carbocycles. The van der Waals surface area contributed by atoms with Gasteiger partial charge in [0.25, 0.3) is 5.78 Å². The van der Waals surface area contributed by atoms with Gasteiger partial charge in [-0.1, -0.05) is 30.3 Å². The first-order chi connectivity index (χ1) is 13.9. The van der Waals surface area contributed by atoms with Crippen LogP contribution in [0.15, 0.2) is 42.5 Å². The van der Waals surface area contributed by atoms with E-state index in [1.165, 1.54) is 12.1 Å². The Hall–Kier alpha value is -2.75. The molecule has 0 aliphatic heterocycles. The second kappa shape index (κ2) is 11.3. The summed E-state index contributed by atoms with van der Waals surface area (Å²) in [6.45, 7) is 1.90. The van der Waals surface area contributed by atoms with Gasteiger partial charge in [-0.2, -0.15) is 0 Å². The lowest BCUT2D eigenvalue weighted by Crippen LogP contribution is -2.29. The van der Waals surface area contributed by atoms with E-state index in [4.69, 9.17) is 4.74 Å². The van der Waals surface area contributed by atoms with E-state index in [0.717, 1.165) is 16.9 Å². The van der Waals surface area contributed by atoms with Gasteiger partial charge in [0.15, 0.2) is 0 Å². The standard InChI is InChI=1S/C20H23NO7S/c1-2-27-19(25)18(24)16-9-8-15(29-16)17(23)14(22)10-11-21-20(26)28-12-13-6-4-3-5-7-13/h3-9,14,17,22-23H,2,10-12H2,1H3,(H,21,26). The maximum Gasteiger partial charge on any atom is 0.407 e. The Labute approximate surface area is 172 Å². The van der Waals surface area contributed by atoms with Gasteiger partial charge in [0, 0.05) is 11.4 Å². The number of nitrogens with one attached hydrogen (secondary N) is 1. The number of aliphatic hydroxyl groups is 2. The van der Waals surface area contributed by atoms with Gasteiger partial charge in [0.1, 0.15) is 12.7 Å². The van der Waals surface area contributed by atoms with Crippen molar-refractivity contribution >= 4 is 29.2 Å². The average molecular weight is 421 g/mol. The second-order valence-electron chi connectivity index (χ2n) is 6.04. The second-order valence-corrected chi connectivity index (χ2v) is 7.16. The molecular formula is C20H23NO7S. The van der Waals surface area contributed by atoms with E-state index in [1.807, 2.05) is 30.3 Å². The fourth-order valence-corrected chi connectivity index (χ4v) is 3.35. The quantitative estimate of drug-likeness (QED) is 0.305. The van der Waals surface area contributed by atoms with Crippen LogP contribution >= 0.6 is 11.3 Å². The van der Waals surface area contributed by atoms with Crippen molar-refractivity contribution < 1.29 is 34.1 Å². The molecule has 0 fully saturated rings. The van der Waals surface area contributed by atoms with Gasteiger partial charge in [-0.3, -0.25) is 4.79 Å². The van der Waals surface area contributed by atoms with Gasteiger partial charge in [-0.25, -0.2) is 9.59 Å². The number of carbonyl (C=O) groups excluding carboxylic acids is 3. The minimum absolute atomic E-state index is 0.0701. The summed E-state index contributed by atoms with van der Waals surface area (Å²) in [6, 6.07) is 12.1. The fraction of sp³-hybridized carbons (Fsp3) is 0.350. The minimum Gasteiger partial charge on any atom is -0.460 e. The first kappa shape index (κ1) is 22.5. The third-order valence-electron chi connectivity index (χ3n) is 3.89. The molecule has 0 aliphatic rings. The van der Waals surface area contributed by atoms with Gasteiger partial charge in [-0.15, -0.1) is 11.3 Å². The lowest BCUT2D eigenvalue weighted by Gasteiger charge is -2.16. The number of benzene rings is 1. The molecule has 156 valence electrons. The van der Waals surface area contributed by atoms with Gasteiger partial charge in [0.2, 0.25) is 0 Å². The molecule has 0 bridgehead atoms. The molecule has 2 unspecified atom stereocenters. The average Bonchev–Trinajstić information content (AvgIpc) is 3.22. The largest absolute Gasteiger partial charge is 0.460 e. The van der Waals surface area contributed by atoms with Crippen LogP contribution in [0.1, 0.15) is 39.6 Å². The Balaban J connectivity index is 1.76. The number of esters is 1. The molecule has 2 aromatic rings. The number of ketones is 1. The van der Waals surface area contributed by atoms with Gasteiger partial charge in [0.05, 0.1) is 17.6 Å². The number of rotatable bonds is 10. The number of hydrogen-bond donors (Lipinski definition) is 3. The van der Waals surface area contributed by atoms with Crippen molar-refractivity contribution in [3.8, 4) is 0 Å². The SMILES string of the molecule is CCOC(=O)C(=O)c1ccc(C(O)C(O)CCNC(=O)OCc2ccccc2)s1. The Bertz CT molecular complexity index is 821. The van der Waals surface area contributed by atoms with Crippen molar-refractivity contribution in [2.75, 3.05) is 13.2 Å². The lowest BCUT2D eigenvalue weighted by molar-refractivity contribution is -0.137. The number of carbonyl (C=O) groups is 3. The summed E-state index contributed by atoms with van der Waals surface area (Å²) in [5.41, 5.74) is 0.851. The summed E-state index contributed by atoms with van der Waals surface area (Å²) in [5, 5.41) is 22.9. The first-order valence-corrected chi connectivity index (χ1v) is 9.85. The highest BCUT2D eigenvalue weighted by molar-refractivity contribution is 7.14.